The van der Waals surface area contributed by atoms with Crippen molar-refractivity contribution in [1.29, 1.82) is 0 Å². The highest BCUT2D eigenvalue weighted by atomic mass is 19.1. The monoisotopic (exact) mass is 182 g/mol. The van der Waals surface area contributed by atoms with E-state index in [1.807, 2.05) is 0 Å². The average Bonchev–Trinajstić information content (AvgIpc) is 2.17. The van der Waals surface area contributed by atoms with Crippen LogP contribution in [0, 0.1) is 0 Å². The summed E-state index contributed by atoms with van der Waals surface area (Å²) in [7, 11) is 0. The molecule has 13 heavy (non-hydrogen) atoms. The predicted molar refractivity (Wildman–Crippen MR) is 48.0 cm³/mol. The van der Waals surface area contributed by atoms with Gasteiger partial charge in [-0.3, -0.25) is 4.98 Å². The van der Waals surface area contributed by atoms with E-state index < -0.39 is 0 Å². The normalized spacial score (nSPS) is 11.4. The largest absolute Gasteiger partial charge is 0.485 e. The maximum Gasteiger partial charge on any atom is 0.139 e. The molecule has 1 aromatic rings. The summed E-state index contributed by atoms with van der Waals surface area (Å²) < 4.78 is 17.8. The fourth-order valence-corrected chi connectivity index (χ4v) is 0.772. The van der Waals surface area contributed by atoms with Gasteiger partial charge < -0.3 is 10.5 Å². The van der Waals surface area contributed by atoms with Gasteiger partial charge in [0.05, 0.1) is 6.20 Å². The fourth-order valence-electron chi connectivity index (χ4n) is 0.772. The van der Waals surface area contributed by atoms with Crippen LogP contribution in [0.3, 0.4) is 0 Å². The lowest BCUT2D eigenvalue weighted by Crippen LogP contribution is -2.01. The molecule has 0 aliphatic heterocycles. The molecular weight excluding hydrogens is 171 g/mol. The van der Waals surface area contributed by atoms with Crippen molar-refractivity contribution in [2.75, 3.05) is 13.2 Å². The molecule has 1 heterocycles. The van der Waals surface area contributed by atoms with E-state index >= 15 is 0 Å². The Bertz CT molecular complexity index is 274. The van der Waals surface area contributed by atoms with Gasteiger partial charge in [-0.05, 0) is 18.2 Å². The summed E-state index contributed by atoms with van der Waals surface area (Å²) >= 11 is 0. The van der Waals surface area contributed by atoms with E-state index in [1.165, 1.54) is 12.3 Å². The van der Waals surface area contributed by atoms with Crippen molar-refractivity contribution < 1.29 is 9.13 Å². The lowest BCUT2D eigenvalue weighted by molar-refractivity contribution is 0.317. The molecule has 0 aromatic carbocycles. The topological polar surface area (TPSA) is 48.1 Å². The van der Waals surface area contributed by atoms with Gasteiger partial charge in [0, 0.05) is 12.7 Å². The zero-order valence-corrected chi connectivity index (χ0v) is 7.11. The Morgan fingerprint density at radius 2 is 2.54 bits per heavy atom. The van der Waals surface area contributed by atoms with Crippen LogP contribution in [0.1, 0.15) is 0 Å². The first-order chi connectivity index (χ1) is 6.33. The van der Waals surface area contributed by atoms with Crippen LogP contribution in [0.2, 0.25) is 0 Å². The summed E-state index contributed by atoms with van der Waals surface area (Å²) in [4.78, 5) is 3.82. The Labute approximate surface area is 76.0 Å². The quantitative estimate of drug-likeness (QED) is 0.762. The first-order valence-corrected chi connectivity index (χ1v) is 3.90. The van der Waals surface area contributed by atoms with Crippen molar-refractivity contribution in [2.45, 2.75) is 0 Å². The maximum absolute atomic E-state index is 12.7. The van der Waals surface area contributed by atoms with Gasteiger partial charge in [0.25, 0.3) is 0 Å². The number of nitrogens with zero attached hydrogens (tertiary/aromatic N) is 1. The maximum atomic E-state index is 12.7. The molecule has 0 saturated carbocycles. The molecule has 0 fully saturated rings. The summed E-state index contributed by atoms with van der Waals surface area (Å²) in [5.74, 6) is 0.175. The minimum absolute atomic E-state index is 0.0944. The standard InChI is InChI=1S/C9H11FN2O/c10-8(3-4-11)7-13-9-2-1-5-12-6-9/h1-3,5-6H,4,7,11H2/b8-3-. The number of hydrogen-bond donors (Lipinski definition) is 1. The van der Waals surface area contributed by atoms with Crippen LogP contribution in [-0.4, -0.2) is 18.1 Å². The second kappa shape index (κ2) is 5.27. The van der Waals surface area contributed by atoms with Crippen molar-refractivity contribution in [2.24, 2.45) is 5.73 Å². The number of rotatable bonds is 4. The van der Waals surface area contributed by atoms with E-state index in [9.17, 15) is 4.39 Å². The van der Waals surface area contributed by atoms with Crippen LogP contribution < -0.4 is 10.5 Å². The third-order valence-electron chi connectivity index (χ3n) is 1.35. The molecular formula is C9H11FN2O. The first kappa shape index (κ1) is 9.67. The lowest BCUT2D eigenvalue weighted by Gasteiger charge is -2.02. The third kappa shape index (κ3) is 3.66. The Morgan fingerprint density at radius 1 is 1.69 bits per heavy atom. The van der Waals surface area contributed by atoms with Crippen molar-refractivity contribution in [3.05, 3.63) is 36.4 Å². The van der Waals surface area contributed by atoms with E-state index in [0.717, 1.165) is 0 Å². The minimum atomic E-state index is -0.369. The zero-order valence-electron chi connectivity index (χ0n) is 7.11. The molecule has 1 aromatic heterocycles. The second-order valence-corrected chi connectivity index (χ2v) is 2.36. The molecule has 0 bridgehead atoms. The van der Waals surface area contributed by atoms with Gasteiger partial charge in [-0.1, -0.05) is 0 Å². The van der Waals surface area contributed by atoms with Gasteiger partial charge in [-0.15, -0.1) is 0 Å². The van der Waals surface area contributed by atoms with E-state index in [2.05, 4.69) is 4.98 Å². The van der Waals surface area contributed by atoms with Crippen molar-refractivity contribution in [3.63, 3.8) is 0 Å². The molecule has 70 valence electrons. The van der Waals surface area contributed by atoms with Gasteiger partial charge in [-0.25, -0.2) is 4.39 Å². The fraction of sp³-hybridized carbons (Fsp3) is 0.222. The van der Waals surface area contributed by atoms with Gasteiger partial charge >= 0.3 is 0 Å². The molecule has 2 N–H and O–H groups in total. The lowest BCUT2D eigenvalue weighted by atomic mass is 10.4. The van der Waals surface area contributed by atoms with Gasteiger partial charge in [0.2, 0.25) is 0 Å². The highest BCUT2D eigenvalue weighted by Gasteiger charge is 1.95. The summed E-state index contributed by atoms with van der Waals surface area (Å²) in [6.07, 6.45) is 4.42. The van der Waals surface area contributed by atoms with Crippen LogP contribution in [0.4, 0.5) is 4.39 Å². The van der Waals surface area contributed by atoms with Crippen LogP contribution in [0.5, 0.6) is 5.75 Å². The molecule has 0 atom stereocenters. The summed E-state index contributed by atoms with van der Waals surface area (Å²) in [5.41, 5.74) is 5.11. The van der Waals surface area contributed by atoms with Crippen molar-refractivity contribution in [3.8, 4) is 5.75 Å². The zero-order chi connectivity index (χ0) is 9.52. The van der Waals surface area contributed by atoms with E-state index in [1.54, 1.807) is 18.3 Å². The van der Waals surface area contributed by atoms with Crippen LogP contribution in [0.15, 0.2) is 36.4 Å². The Kier molecular flexibility index (Phi) is 3.92. The summed E-state index contributed by atoms with van der Waals surface area (Å²) in [6, 6.07) is 3.43. The SMILES string of the molecule is NC/C=C(\F)COc1cccnc1. The third-order valence-corrected chi connectivity index (χ3v) is 1.35. The Hall–Kier alpha value is -1.42. The second-order valence-electron chi connectivity index (χ2n) is 2.36. The highest BCUT2D eigenvalue weighted by molar-refractivity contribution is 5.16. The van der Waals surface area contributed by atoms with E-state index in [-0.39, 0.29) is 19.0 Å². The smallest absolute Gasteiger partial charge is 0.139 e. The molecule has 0 unspecified atom stereocenters. The molecule has 4 heteroatoms. The first-order valence-electron chi connectivity index (χ1n) is 3.90. The van der Waals surface area contributed by atoms with Crippen molar-refractivity contribution in [1.82, 2.24) is 4.98 Å². The Morgan fingerprint density at radius 3 is 3.15 bits per heavy atom. The van der Waals surface area contributed by atoms with Gasteiger partial charge in [0.15, 0.2) is 0 Å². The van der Waals surface area contributed by atoms with Crippen LogP contribution >= 0.6 is 0 Å². The molecule has 0 aliphatic carbocycles. The number of nitrogens with two attached hydrogens (primary N) is 1. The Balaban J connectivity index is 2.39. The molecule has 0 radical (unpaired) electrons. The van der Waals surface area contributed by atoms with E-state index in [0.29, 0.717) is 5.75 Å². The summed E-state index contributed by atoms with van der Waals surface area (Å²) in [5, 5.41) is 0. The van der Waals surface area contributed by atoms with Crippen molar-refractivity contribution >= 4 is 0 Å². The van der Waals surface area contributed by atoms with Crippen LogP contribution in [-0.2, 0) is 0 Å². The minimum Gasteiger partial charge on any atom is -0.485 e. The number of ether oxygens (including phenoxy) is 1. The molecule has 3 nitrogen and oxygen atoms in total. The molecule has 0 amide bonds. The van der Waals surface area contributed by atoms with E-state index in [4.69, 9.17) is 10.5 Å². The number of halogens is 1. The number of pyridine rings is 1. The molecule has 0 saturated heterocycles. The number of aromatic nitrogens is 1. The summed E-state index contributed by atoms with van der Waals surface area (Å²) in [6.45, 7) is 0.0884. The van der Waals surface area contributed by atoms with Gasteiger partial charge in [0.1, 0.15) is 18.2 Å². The number of hydrogen-bond acceptors (Lipinski definition) is 3. The van der Waals surface area contributed by atoms with Crippen LogP contribution in [0.25, 0.3) is 0 Å². The molecule has 1 rings (SSSR count). The highest BCUT2D eigenvalue weighted by Crippen LogP contribution is 2.08. The predicted octanol–water partition coefficient (Wildman–Crippen LogP) is 1.27. The average molecular weight is 182 g/mol. The molecule has 0 aliphatic rings. The molecule has 0 spiro atoms. The van der Waals surface area contributed by atoms with Gasteiger partial charge in [-0.2, -0.15) is 0 Å².